The summed E-state index contributed by atoms with van der Waals surface area (Å²) in [5, 5.41) is 14.6. The molecule has 0 aliphatic carbocycles. The molecule has 1 aromatic carbocycles. The van der Waals surface area contributed by atoms with Gasteiger partial charge in [0, 0.05) is 31.2 Å². The maximum Gasteiger partial charge on any atom is 0.242 e. The highest BCUT2D eigenvalue weighted by Gasteiger charge is 2.23. The summed E-state index contributed by atoms with van der Waals surface area (Å²) >= 11 is 0. The zero-order valence-electron chi connectivity index (χ0n) is 14.5. The molecule has 2 aromatic heterocycles. The SMILES string of the molecule is CNC(C(=O)NC(C)c1ccccc1-n1cccn1)c1cnn(C)c1. The summed E-state index contributed by atoms with van der Waals surface area (Å²) in [6.45, 7) is 1.97. The van der Waals surface area contributed by atoms with E-state index < -0.39 is 6.04 Å². The fraction of sp³-hybridized carbons (Fsp3) is 0.278. The van der Waals surface area contributed by atoms with Crippen molar-refractivity contribution in [1.29, 1.82) is 0 Å². The Morgan fingerprint density at radius 2 is 2.00 bits per heavy atom. The Kier molecular flexibility index (Phi) is 4.95. The zero-order valence-corrected chi connectivity index (χ0v) is 14.5. The molecule has 3 aromatic rings. The molecule has 0 fully saturated rings. The van der Waals surface area contributed by atoms with Crippen LogP contribution >= 0.6 is 0 Å². The third-order valence-corrected chi connectivity index (χ3v) is 4.12. The molecule has 0 saturated heterocycles. The van der Waals surface area contributed by atoms with Crippen LogP contribution in [0, 0.1) is 0 Å². The molecule has 0 radical (unpaired) electrons. The quantitative estimate of drug-likeness (QED) is 0.718. The van der Waals surface area contributed by atoms with Crippen LogP contribution in [0.3, 0.4) is 0 Å². The zero-order chi connectivity index (χ0) is 17.8. The van der Waals surface area contributed by atoms with Crippen LogP contribution in [0.15, 0.2) is 55.1 Å². The van der Waals surface area contributed by atoms with E-state index in [-0.39, 0.29) is 11.9 Å². The van der Waals surface area contributed by atoms with Gasteiger partial charge in [-0.1, -0.05) is 18.2 Å². The van der Waals surface area contributed by atoms with E-state index in [0.29, 0.717) is 0 Å². The number of nitrogens with one attached hydrogen (secondary N) is 2. The highest BCUT2D eigenvalue weighted by Crippen LogP contribution is 2.22. The molecular formula is C18H22N6O. The maximum atomic E-state index is 12.7. The van der Waals surface area contributed by atoms with Crippen molar-refractivity contribution in [2.75, 3.05) is 7.05 Å². The maximum absolute atomic E-state index is 12.7. The van der Waals surface area contributed by atoms with Gasteiger partial charge in [-0.3, -0.25) is 9.48 Å². The fourth-order valence-electron chi connectivity index (χ4n) is 2.89. The van der Waals surface area contributed by atoms with E-state index in [1.165, 1.54) is 0 Å². The summed E-state index contributed by atoms with van der Waals surface area (Å²) in [5.41, 5.74) is 2.78. The minimum absolute atomic E-state index is 0.0988. The molecule has 3 rings (SSSR count). The van der Waals surface area contributed by atoms with Crippen molar-refractivity contribution in [3.05, 3.63) is 66.2 Å². The number of amides is 1. The number of benzene rings is 1. The molecule has 2 N–H and O–H groups in total. The van der Waals surface area contributed by atoms with Gasteiger partial charge in [0.1, 0.15) is 6.04 Å². The molecule has 2 atom stereocenters. The lowest BCUT2D eigenvalue weighted by Crippen LogP contribution is -2.37. The second-order valence-corrected chi connectivity index (χ2v) is 5.91. The number of carbonyl (C=O) groups excluding carboxylic acids is 1. The van der Waals surface area contributed by atoms with Crippen LogP contribution in [0.4, 0.5) is 0 Å². The highest BCUT2D eigenvalue weighted by atomic mass is 16.2. The Bertz CT molecular complexity index is 839. The summed E-state index contributed by atoms with van der Waals surface area (Å²) in [4.78, 5) is 12.7. The van der Waals surface area contributed by atoms with Gasteiger partial charge in [0.25, 0.3) is 0 Å². The van der Waals surface area contributed by atoms with Crippen LogP contribution in [0.25, 0.3) is 5.69 Å². The Morgan fingerprint density at radius 1 is 1.20 bits per heavy atom. The molecular weight excluding hydrogens is 316 g/mol. The predicted octanol–water partition coefficient (Wildman–Crippen LogP) is 1.74. The minimum atomic E-state index is -0.451. The monoisotopic (exact) mass is 338 g/mol. The third-order valence-electron chi connectivity index (χ3n) is 4.12. The number of aromatic nitrogens is 4. The molecule has 1 amide bonds. The molecule has 7 nitrogen and oxygen atoms in total. The summed E-state index contributed by atoms with van der Waals surface area (Å²) in [6, 6.07) is 9.16. The first-order valence-electron chi connectivity index (χ1n) is 8.15. The number of likely N-dealkylation sites (N-methyl/N-ethyl adjacent to an activating group) is 1. The van der Waals surface area contributed by atoms with Crippen LogP contribution in [-0.2, 0) is 11.8 Å². The largest absolute Gasteiger partial charge is 0.348 e. The average Bonchev–Trinajstić information content (AvgIpc) is 3.27. The van der Waals surface area contributed by atoms with Gasteiger partial charge in [0.05, 0.1) is 17.9 Å². The number of carbonyl (C=O) groups is 1. The van der Waals surface area contributed by atoms with Crippen molar-refractivity contribution in [3.8, 4) is 5.69 Å². The standard InChI is InChI=1S/C18H22N6O/c1-13(15-7-4-5-8-16(15)24-10-6-9-20-24)22-18(25)17(19-2)14-11-21-23(3)12-14/h4-13,17,19H,1-3H3,(H,22,25). The van der Waals surface area contributed by atoms with Gasteiger partial charge in [-0.2, -0.15) is 10.2 Å². The Labute approximate surface area is 146 Å². The molecule has 7 heteroatoms. The second kappa shape index (κ2) is 7.31. The molecule has 130 valence electrons. The lowest BCUT2D eigenvalue weighted by atomic mass is 10.0. The van der Waals surface area contributed by atoms with Crippen molar-refractivity contribution in [3.63, 3.8) is 0 Å². The molecule has 0 spiro atoms. The lowest BCUT2D eigenvalue weighted by molar-refractivity contribution is -0.123. The number of hydrogen-bond acceptors (Lipinski definition) is 4. The summed E-state index contributed by atoms with van der Waals surface area (Å²) < 4.78 is 3.48. The van der Waals surface area contributed by atoms with Crippen LogP contribution in [0.5, 0.6) is 0 Å². The molecule has 0 aliphatic heterocycles. The number of nitrogens with zero attached hydrogens (tertiary/aromatic N) is 4. The van der Waals surface area contributed by atoms with E-state index in [1.807, 2.05) is 56.7 Å². The lowest BCUT2D eigenvalue weighted by Gasteiger charge is -2.21. The number of hydrogen-bond donors (Lipinski definition) is 2. The molecule has 0 bridgehead atoms. The van der Waals surface area contributed by atoms with Crippen molar-refractivity contribution in [2.45, 2.75) is 19.0 Å². The van der Waals surface area contributed by atoms with E-state index >= 15 is 0 Å². The fourth-order valence-corrected chi connectivity index (χ4v) is 2.89. The van der Waals surface area contributed by atoms with Crippen LogP contribution < -0.4 is 10.6 Å². The number of aryl methyl sites for hydroxylation is 1. The van der Waals surface area contributed by atoms with Gasteiger partial charge in [-0.15, -0.1) is 0 Å². The predicted molar refractivity (Wildman–Crippen MR) is 95.1 cm³/mol. The Morgan fingerprint density at radius 3 is 2.64 bits per heavy atom. The Hall–Kier alpha value is -2.93. The van der Waals surface area contributed by atoms with Gasteiger partial charge in [0.15, 0.2) is 0 Å². The van der Waals surface area contributed by atoms with Crippen molar-refractivity contribution >= 4 is 5.91 Å². The van der Waals surface area contributed by atoms with Crippen LogP contribution in [0.2, 0.25) is 0 Å². The topological polar surface area (TPSA) is 76.8 Å². The normalized spacial score (nSPS) is 13.4. The van der Waals surface area contributed by atoms with E-state index in [0.717, 1.165) is 16.8 Å². The average molecular weight is 338 g/mol. The number of para-hydroxylation sites is 1. The molecule has 2 heterocycles. The third kappa shape index (κ3) is 3.61. The first-order valence-corrected chi connectivity index (χ1v) is 8.15. The van der Waals surface area contributed by atoms with Gasteiger partial charge in [-0.05, 0) is 31.7 Å². The van der Waals surface area contributed by atoms with Crippen molar-refractivity contribution in [2.24, 2.45) is 7.05 Å². The van der Waals surface area contributed by atoms with Crippen LogP contribution in [-0.4, -0.2) is 32.5 Å². The number of rotatable bonds is 6. The summed E-state index contributed by atoms with van der Waals surface area (Å²) in [6.07, 6.45) is 7.16. The first-order chi connectivity index (χ1) is 12.1. The van der Waals surface area contributed by atoms with Gasteiger partial charge >= 0.3 is 0 Å². The summed E-state index contributed by atoms with van der Waals surface area (Å²) in [5.74, 6) is -0.0988. The smallest absolute Gasteiger partial charge is 0.242 e. The van der Waals surface area contributed by atoms with Crippen molar-refractivity contribution in [1.82, 2.24) is 30.2 Å². The van der Waals surface area contributed by atoms with Gasteiger partial charge in [0.2, 0.25) is 5.91 Å². The molecule has 0 aliphatic rings. The first kappa shape index (κ1) is 16.9. The molecule has 0 saturated carbocycles. The minimum Gasteiger partial charge on any atom is -0.348 e. The Balaban J connectivity index is 1.80. The van der Waals surface area contributed by atoms with E-state index in [4.69, 9.17) is 0 Å². The van der Waals surface area contributed by atoms with Gasteiger partial charge < -0.3 is 10.6 Å². The molecule has 25 heavy (non-hydrogen) atoms. The molecule has 2 unspecified atom stereocenters. The van der Waals surface area contributed by atoms with Gasteiger partial charge in [-0.25, -0.2) is 4.68 Å². The van der Waals surface area contributed by atoms with E-state index in [9.17, 15) is 4.79 Å². The van der Waals surface area contributed by atoms with E-state index in [2.05, 4.69) is 20.8 Å². The van der Waals surface area contributed by atoms with E-state index in [1.54, 1.807) is 28.8 Å². The van der Waals surface area contributed by atoms with Crippen molar-refractivity contribution < 1.29 is 4.79 Å². The highest BCUT2D eigenvalue weighted by molar-refractivity contribution is 5.83. The second-order valence-electron chi connectivity index (χ2n) is 5.91. The van der Waals surface area contributed by atoms with Crippen LogP contribution in [0.1, 0.15) is 30.1 Å². The summed E-state index contributed by atoms with van der Waals surface area (Å²) in [7, 11) is 3.59.